The zero-order valence-electron chi connectivity index (χ0n) is 12.3. The van der Waals surface area contributed by atoms with Crippen LogP contribution in [0.3, 0.4) is 0 Å². The van der Waals surface area contributed by atoms with Crippen LogP contribution in [0.1, 0.15) is 13.3 Å². The lowest BCUT2D eigenvalue weighted by atomic mass is 10.2. The molecule has 0 aliphatic rings. The summed E-state index contributed by atoms with van der Waals surface area (Å²) in [5.41, 5.74) is 3.88. The van der Waals surface area contributed by atoms with Crippen LogP contribution in [0, 0.1) is 10.1 Å². The van der Waals surface area contributed by atoms with E-state index in [1.807, 2.05) is 20.2 Å². The van der Waals surface area contributed by atoms with E-state index in [2.05, 4.69) is 22.1 Å². The van der Waals surface area contributed by atoms with Crippen molar-refractivity contribution in [2.75, 3.05) is 44.1 Å². The van der Waals surface area contributed by atoms with E-state index < -0.39 is 4.92 Å². The summed E-state index contributed by atoms with van der Waals surface area (Å²) in [6.07, 6.45) is 0.974. The molecule has 0 atom stereocenters. The van der Waals surface area contributed by atoms with Gasteiger partial charge in [-0.3, -0.25) is 16.0 Å². The Morgan fingerprint density at radius 1 is 1.25 bits per heavy atom. The van der Waals surface area contributed by atoms with Gasteiger partial charge >= 0.3 is 0 Å². The number of non-ortho nitro benzene ring substituents is 1. The largest absolute Gasteiger partial charge is 0.370 e. The minimum Gasteiger partial charge on any atom is -0.370 e. The van der Waals surface area contributed by atoms with Gasteiger partial charge in [0, 0.05) is 37.5 Å². The number of benzene rings is 1. The van der Waals surface area contributed by atoms with E-state index in [0.717, 1.165) is 31.7 Å². The molecule has 0 aliphatic heterocycles. The van der Waals surface area contributed by atoms with Crippen LogP contribution in [0.2, 0.25) is 0 Å². The van der Waals surface area contributed by atoms with Gasteiger partial charge in [-0.15, -0.1) is 0 Å². The molecule has 0 spiro atoms. The van der Waals surface area contributed by atoms with Crippen LogP contribution in [-0.2, 0) is 0 Å². The van der Waals surface area contributed by atoms with Crippen molar-refractivity contribution in [3.05, 3.63) is 28.3 Å². The topological polar surface area (TPSA) is 87.7 Å². The van der Waals surface area contributed by atoms with Crippen LogP contribution in [0.4, 0.5) is 17.1 Å². The van der Waals surface area contributed by atoms with Gasteiger partial charge < -0.3 is 15.2 Å². The van der Waals surface area contributed by atoms with Gasteiger partial charge in [0.25, 0.3) is 5.69 Å². The predicted octanol–water partition coefficient (Wildman–Crippen LogP) is 1.66. The van der Waals surface area contributed by atoms with Crippen molar-refractivity contribution in [3.63, 3.8) is 0 Å². The van der Waals surface area contributed by atoms with Crippen molar-refractivity contribution >= 4 is 17.1 Å². The summed E-state index contributed by atoms with van der Waals surface area (Å²) in [4.78, 5) is 14.8. The zero-order valence-corrected chi connectivity index (χ0v) is 12.3. The molecule has 0 aromatic heterocycles. The zero-order chi connectivity index (χ0) is 15.1. The average molecular weight is 281 g/mol. The van der Waals surface area contributed by atoms with Crippen LogP contribution in [0.15, 0.2) is 18.2 Å². The van der Waals surface area contributed by atoms with Crippen LogP contribution in [0.5, 0.6) is 0 Å². The fourth-order valence-corrected chi connectivity index (χ4v) is 1.93. The fraction of sp³-hybridized carbons (Fsp3) is 0.538. The predicted molar refractivity (Wildman–Crippen MR) is 82.0 cm³/mol. The van der Waals surface area contributed by atoms with Crippen molar-refractivity contribution in [2.24, 2.45) is 5.84 Å². The molecule has 7 heteroatoms. The van der Waals surface area contributed by atoms with Crippen molar-refractivity contribution < 1.29 is 4.92 Å². The number of rotatable bonds is 8. The lowest BCUT2D eigenvalue weighted by Crippen LogP contribution is -2.32. The van der Waals surface area contributed by atoms with E-state index in [4.69, 9.17) is 5.84 Å². The molecule has 0 unspecified atom stereocenters. The van der Waals surface area contributed by atoms with Gasteiger partial charge in [0.05, 0.1) is 10.6 Å². The maximum Gasteiger partial charge on any atom is 0.273 e. The third-order valence-electron chi connectivity index (χ3n) is 2.96. The first-order valence-corrected chi connectivity index (χ1v) is 6.63. The van der Waals surface area contributed by atoms with Gasteiger partial charge in [0.15, 0.2) is 0 Å². The van der Waals surface area contributed by atoms with Crippen LogP contribution in [0.25, 0.3) is 0 Å². The summed E-state index contributed by atoms with van der Waals surface area (Å²) in [7, 11) is 4.01. The van der Waals surface area contributed by atoms with Gasteiger partial charge in [-0.2, -0.15) is 0 Å². The summed E-state index contributed by atoms with van der Waals surface area (Å²) in [6.45, 7) is 4.63. The molecule has 0 fully saturated rings. The van der Waals surface area contributed by atoms with Crippen molar-refractivity contribution in [1.82, 2.24) is 4.90 Å². The monoisotopic (exact) mass is 281 g/mol. The fourth-order valence-electron chi connectivity index (χ4n) is 1.93. The van der Waals surface area contributed by atoms with Gasteiger partial charge in [0.1, 0.15) is 0 Å². The van der Waals surface area contributed by atoms with Crippen LogP contribution >= 0.6 is 0 Å². The summed E-state index contributed by atoms with van der Waals surface area (Å²) >= 11 is 0. The Labute approximate surface area is 119 Å². The number of nitro benzene ring substituents is 1. The molecule has 0 saturated carbocycles. The summed E-state index contributed by atoms with van der Waals surface area (Å²) in [5, 5.41) is 11.0. The maximum absolute atomic E-state index is 11.0. The van der Waals surface area contributed by atoms with Crippen molar-refractivity contribution in [3.8, 4) is 0 Å². The SMILES string of the molecule is CCCN(CCN(C)C)c1cc(NN)cc([N+](=O)[O-])c1. The molecule has 0 heterocycles. The number of hydrogen-bond donors (Lipinski definition) is 2. The van der Waals surface area contributed by atoms with Crippen molar-refractivity contribution in [2.45, 2.75) is 13.3 Å². The van der Waals surface area contributed by atoms with Gasteiger partial charge in [-0.05, 0) is 26.6 Å². The summed E-state index contributed by atoms with van der Waals surface area (Å²) in [6, 6.07) is 4.85. The molecule has 1 rings (SSSR count). The summed E-state index contributed by atoms with van der Waals surface area (Å²) in [5.74, 6) is 5.38. The minimum atomic E-state index is -0.402. The van der Waals surface area contributed by atoms with Gasteiger partial charge in [-0.25, -0.2) is 0 Å². The number of hydrazine groups is 1. The first-order valence-electron chi connectivity index (χ1n) is 6.63. The second-order valence-electron chi connectivity index (χ2n) is 4.93. The Hall–Kier alpha value is -1.86. The first-order chi connectivity index (χ1) is 9.47. The molecule has 0 aliphatic carbocycles. The Bertz CT molecular complexity index is 450. The second kappa shape index (κ2) is 7.66. The highest BCUT2D eigenvalue weighted by atomic mass is 16.6. The quantitative estimate of drug-likeness (QED) is 0.428. The average Bonchev–Trinajstić information content (AvgIpc) is 2.42. The number of nitrogens with zero attached hydrogens (tertiary/aromatic N) is 3. The Morgan fingerprint density at radius 2 is 1.95 bits per heavy atom. The molecule has 0 bridgehead atoms. The van der Waals surface area contributed by atoms with Gasteiger partial charge in [-0.1, -0.05) is 6.92 Å². The lowest BCUT2D eigenvalue weighted by molar-refractivity contribution is -0.384. The molecule has 0 amide bonds. The molecule has 1 aromatic carbocycles. The number of likely N-dealkylation sites (N-methyl/N-ethyl adjacent to an activating group) is 1. The smallest absolute Gasteiger partial charge is 0.273 e. The highest BCUT2D eigenvalue weighted by Crippen LogP contribution is 2.26. The minimum absolute atomic E-state index is 0.0430. The van der Waals surface area contributed by atoms with Crippen molar-refractivity contribution in [1.29, 1.82) is 0 Å². The molecular weight excluding hydrogens is 258 g/mol. The summed E-state index contributed by atoms with van der Waals surface area (Å²) < 4.78 is 0. The highest BCUT2D eigenvalue weighted by molar-refractivity contribution is 5.64. The third-order valence-corrected chi connectivity index (χ3v) is 2.96. The number of nitro groups is 1. The standard InChI is InChI=1S/C13H23N5O2/c1-4-5-17(7-6-16(2)3)12-8-11(15-14)9-13(10-12)18(19)20/h8-10,15H,4-7,14H2,1-3H3. The number of hydrogen-bond acceptors (Lipinski definition) is 6. The van der Waals surface area contributed by atoms with E-state index in [-0.39, 0.29) is 5.69 Å². The van der Waals surface area contributed by atoms with E-state index in [1.54, 1.807) is 6.07 Å². The van der Waals surface area contributed by atoms with E-state index in [1.165, 1.54) is 6.07 Å². The third kappa shape index (κ3) is 4.67. The Kier molecular flexibility index (Phi) is 6.20. The molecule has 3 N–H and O–H groups in total. The van der Waals surface area contributed by atoms with Crippen LogP contribution < -0.4 is 16.2 Å². The Balaban J connectivity index is 3.04. The van der Waals surface area contributed by atoms with Crippen LogP contribution in [-0.4, -0.2) is 43.6 Å². The molecule has 0 radical (unpaired) electrons. The van der Waals surface area contributed by atoms with Gasteiger partial charge in [0.2, 0.25) is 0 Å². The maximum atomic E-state index is 11.0. The molecule has 112 valence electrons. The molecule has 1 aromatic rings. The Morgan fingerprint density at radius 3 is 2.45 bits per heavy atom. The number of nitrogen functional groups attached to an aromatic ring is 1. The molecule has 7 nitrogen and oxygen atoms in total. The first kappa shape index (κ1) is 16.2. The highest BCUT2D eigenvalue weighted by Gasteiger charge is 2.14. The van der Waals surface area contributed by atoms with E-state index >= 15 is 0 Å². The molecular formula is C13H23N5O2. The van der Waals surface area contributed by atoms with E-state index in [9.17, 15) is 10.1 Å². The number of anilines is 2. The number of nitrogens with one attached hydrogen (secondary N) is 1. The number of nitrogens with two attached hydrogens (primary N) is 1. The molecule has 20 heavy (non-hydrogen) atoms. The second-order valence-corrected chi connectivity index (χ2v) is 4.93. The lowest BCUT2D eigenvalue weighted by Gasteiger charge is -2.26. The van der Waals surface area contributed by atoms with E-state index in [0.29, 0.717) is 5.69 Å². The normalized spacial score (nSPS) is 10.7. The molecule has 0 saturated heterocycles.